The van der Waals surface area contributed by atoms with Gasteiger partial charge in [-0.3, -0.25) is 9.69 Å². The lowest BCUT2D eigenvalue weighted by Crippen LogP contribution is -2.54. The number of carbonyl (C=O) groups is 1. The lowest BCUT2D eigenvalue weighted by molar-refractivity contribution is -0.231. The molecule has 2 fully saturated rings. The van der Waals surface area contributed by atoms with Crippen LogP contribution in [-0.2, 0) is 16.1 Å². The largest absolute Gasteiger partial charge is 0.462 e. The molecule has 1 amide bonds. The standard InChI is InChI=1S/C17H23NO2.C6H13NO.C4H11N/c1-13-5-6-16-14(11-13)12-19-17(20-16)7-9-18(10-8-17)15-3-2-4-15;1-6(2)3-4-7-5-8;1-3-4-5-2/h5-6,11,15H,2-4,7-10,12H2,1H3;5-6H,3-4H2,1-2H3,(H,7,8);5H,3-4H2,1-2H3. The number of amides is 1. The number of likely N-dealkylation sites (tertiary alicyclic amines) is 1. The van der Waals surface area contributed by atoms with Gasteiger partial charge in [0.2, 0.25) is 12.2 Å². The minimum Gasteiger partial charge on any atom is -0.462 e. The first-order valence-electron chi connectivity index (χ1n) is 12.9. The van der Waals surface area contributed by atoms with Crippen LogP contribution in [0.15, 0.2) is 18.2 Å². The zero-order chi connectivity index (χ0) is 24.1. The molecule has 4 rings (SSSR count). The van der Waals surface area contributed by atoms with Crippen molar-refractivity contribution in [1.82, 2.24) is 15.5 Å². The van der Waals surface area contributed by atoms with E-state index in [-0.39, 0.29) is 5.79 Å². The second-order valence-corrected chi connectivity index (χ2v) is 9.89. The van der Waals surface area contributed by atoms with E-state index in [0.717, 1.165) is 63.6 Å². The van der Waals surface area contributed by atoms with Gasteiger partial charge in [-0.2, -0.15) is 0 Å². The summed E-state index contributed by atoms with van der Waals surface area (Å²) in [4.78, 5) is 12.3. The molecule has 6 heteroatoms. The third-order valence-electron chi connectivity index (χ3n) is 6.60. The number of hydrogen-bond donors (Lipinski definition) is 2. The Hall–Kier alpha value is -1.63. The van der Waals surface area contributed by atoms with Gasteiger partial charge in [0.15, 0.2) is 0 Å². The van der Waals surface area contributed by atoms with E-state index < -0.39 is 0 Å². The molecule has 2 N–H and O–H groups in total. The average Bonchev–Trinajstić information content (AvgIpc) is 2.76. The van der Waals surface area contributed by atoms with E-state index in [1.54, 1.807) is 0 Å². The minimum atomic E-state index is -0.359. The summed E-state index contributed by atoms with van der Waals surface area (Å²) < 4.78 is 12.4. The van der Waals surface area contributed by atoms with Crippen molar-refractivity contribution in [2.75, 3.05) is 33.2 Å². The number of piperidine rings is 1. The predicted molar refractivity (Wildman–Crippen MR) is 136 cm³/mol. The van der Waals surface area contributed by atoms with Crippen molar-refractivity contribution < 1.29 is 14.3 Å². The zero-order valence-corrected chi connectivity index (χ0v) is 21.6. The molecule has 1 saturated heterocycles. The van der Waals surface area contributed by atoms with Crippen LogP contribution < -0.4 is 15.4 Å². The number of carbonyl (C=O) groups excluding carboxylic acids is 1. The molecule has 2 aliphatic heterocycles. The molecular weight excluding hydrogens is 414 g/mol. The summed E-state index contributed by atoms with van der Waals surface area (Å²) in [5, 5.41) is 5.62. The third kappa shape index (κ3) is 9.26. The number of ether oxygens (including phenoxy) is 2. The Morgan fingerprint density at radius 1 is 1.21 bits per heavy atom. The van der Waals surface area contributed by atoms with Crippen LogP contribution in [0.3, 0.4) is 0 Å². The number of nitrogens with one attached hydrogen (secondary N) is 2. The van der Waals surface area contributed by atoms with Crippen molar-refractivity contribution in [2.45, 2.75) is 91.1 Å². The van der Waals surface area contributed by atoms with Crippen LogP contribution in [0.5, 0.6) is 5.75 Å². The number of benzene rings is 1. The molecule has 0 atom stereocenters. The molecule has 1 aromatic rings. The molecule has 0 unspecified atom stereocenters. The highest BCUT2D eigenvalue weighted by atomic mass is 16.7. The molecule has 1 aliphatic carbocycles. The Labute approximate surface area is 201 Å². The highest BCUT2D eigenvalue weighted by molar-refractivity contribution is 5.45. The van der Waals surface area contributed by atoms with E-state index in [2.05, 4.69) is 61.4 Å². The van der Waals surface area contributed by atoms with Gasteiger partial charge >= 0.3 is 0 Å². The summed E-state index contributed by atoms with van der Waals surface area (Å²) in [6, 6.07) is 7.24. The Morgan fingerprint density at radius 2 is 1.94 bits per heavy atom. The molecule has 0 aromatic heterocycles. The number of fused-ring (bicyclic) bond motifs is 1. The van der Waals surface area contributed by atoms with Crippen LogP contribution in [0.4, 0.5) is 0 Å². The van der Waals surface area contributed by atoms with Crippen molar-refractivity contribution in [3.05, 3.63) is 29.3 Å². The fraction of sp³-hybridized carbons (Fsp3) is 0.741. The molecule has 1 aromatic carbocycles. The van der Waals surface area contributed by atoms with Crippen LogP contribution in [0, 0.1) is 12.8 Å². The van der Waals surface area contributed by atoms with Crippen molar-refractivity contribution in [3.63, 3.8) is 0 Å². The van der Waals surface area contributed by atoms with Gasteiger partial charge < -0.3 is 20.1 Å². The minimum absolute atomic E-state index is 0.359. The summed E-state index contributed by atoms with van der Waals surface area (Å²) in [5.74, 6) is 1.35. The first-order valence-corrected chi connectivity index (χ1v) is 12.9. The maximum Gasteiger partial charge on any atom is 0.213 e. The lowest BCUT2D eigenvalue weighted by Gasteiger charge is -2.47. The van der Waals surface area contributed by atoms with Crippen LogP contribution in [0.2, 0.25) is 0 Å². The second-order valence-electron chi connectivity index (χ2n) is 9.89. The van der Waals surface area contributed by atoms with Crippen LogP contribution in [0.1, 0.15) is 76.8 Å². The molecule has 1 saturated carbocycles. The maximum absolute atomic E-state index is 9.68. The van der Waals surface area contributed by atoms with E-state index in [9.17, 15) is 4.79 Å². The van der Waals surface area contributed by atoms with Crippen LogP contribution in [0.25, 0.3) is 0 Å². The van der Waals surface area contributed by atoms with E-state index in [1.165, 1.54) is 36.8 Å². The third-order valence-corrected chi connectivity index (χ3v) is 6.60. The Bertz CT molecular complexity index is 681. The van der Waals surface area contributed by atoms with Gasteiger partial charge in [0.1, 0.15) is 5.75 Å². The molecule has 3 aliphatic rings. The molecule has 6 nitrogen and oxygen atoms in total. The quantitative estimate of drug-likeness (QED) is 0.457. The fourth-order valence-electron chi connectivity index (χ4n) is 4.27. The molecule has 1 spiro atoms. The highest BCUT2D eigenvalue weighted by Crippen LogP contribution is 2.39. The van der Waals surface area contributed by atoms with Crippen LogP contribution in [-0.4, -0.2) is 56.4 Å². The zero-order valence-electron chi connectivity index (χ0n) is 21.6. The lowest BCUT2D eigenvalue weighted by atomic mass is 9.89. The SMILES string of the molecule is CC(C)CCNC=O.CCCNC.Cc1ccc2c(c1)COC1(CCN(C3CCC3)CC1)O2. The van der Waals surface area contributed by atoms with Crippen molar-refractivity contribution in [3.8, 4) is 5.75 Å². The van der Waals surface area contributed by atoms with Gasteiger partial charge in [-0.25, -0.2) is 0 Å². The summed E-state index contributed by atoms with van der Waals surface area (Å²) in [5.41, 5.74) is 2.46. The maximum atomic E-state index is 9.68. The summed E-state index contributed by atoms with van der Waals surface area (Å²) in [6.07, 6.45) is 9.21. The average molecular weight is 462 g/mol. The van der Waals surface area contributed by atoms with E-state index in [1.807, 2.05) is 7.05 Å². The molecule has 2 heterocycles. The fourth-order valence-corrected chi connectivity index (χ4v) is 4.27. The van der Waals surface area contributed by atoms with E-state index >= 15 is 0 Å². The monoisotopic (exact) mass is 461 g/mol. The second kappa shape index (κ2) is 14.6. The van der Waals surface area contributed by atoms with E-state index in [0.29, 0.717) is 12.5 Å². The van der Waals surface area contributed by atoms with Gasteiger partial charge in [0.05, 0.1) is 6.61 Å². The Kier molecular flexibility index (Phi) is 12.2. The first kappa shape index (κ1) is 27.6. The number of hydrogen-bond acceptors (Lipinski definition) is 5. The molecule has 33 heavy (non-hydrogen) atoms. The topological polar surface area (TPSA) is 62.8 Å². The van der Waals surface area contributed by atoms with Crippen LogP contribution >= 0.6 is 0 Å². The predicted octanol–water partition coefficient (Wildman–Crippen LogP) is 4.64. The van der Waals surface area contributed by atoms with Gasteiger partial charge in [0.25, 0.3) is 0 Å². The molecule has 0 bridgehead atoms. The van der Waals surface area contributed by atoms with Gasteiger partial charge in [0, 0.05) is 44.1 Å². The van der Waals surface area contributed by atoms with Crippen molar-refractivity contribution in [1.29, 1.82) is 0 Å². The van der Waals surface area contributed by atoms with Gasteiger partial charge in [-0.15, -0.1) is 0 Å². The van der Waals surface area contributed by atoms with Gasteiger partial charge in [-0.05, 0) is 58.2 Å². The Morgan fingerprint density at radius 3 is 2.45 bits per heavy atom. The molecular formula is C27H47N3O3. The highest BCUT2D eigenvalue weighted by Gasteiger charge is 2.42. The Balaban J connectivity index is 0.000000248. The molecule has 0 radical (unpaired) electrons. The normalized spacial score (nSPS) is 19.2. The molecule has 188 valence electrons. The number of nitrogens with zero attached hydrogens (tertiary/aromatic N) is 1. The van der Waals surface area contributed by atoms with Gasteiger partial charge in [-0.1, -0.05) is 44.9 Å². The van der Waals surface area contributed by atoms with Crippen molar-refractivity contribution >= 4 is 6.41 Å². The first-order chi connectivity index (χ1) is 15.9. The van der Waals surface area contributed by atoms with E-state index in [4.69, 9.17) is 9.47 Å². The summed E-state index contributed by atoms with van der Waals surface area (Å²) in [7, 11) is 1.96. The summed E-state index contributed by atoms with van der Waals surface area (Å²) in [6.45, 7) is 13.4. The summed E-state index contributed by atoms with van der Waals surface area (Å²) >= 11 is 0. The smallest absolute Gasteiger partial charge is 0.213 e. The van der Waals surface area contributed by atoms with Crippen molar-refractivity contribution in [2.24, 2.45) is 5.92 Å². The number of aryl methyl sites for hydroxylation is 1. The number of rotatable bonds is 7.